The number of rotatable bonds is 3. The quantitative estimate of drug-likeness (QED) is 0.806. The largest absolute Gasteiger partial charge is 0.398 e. The third kappa shape index (κ3) is 5.09. The highest BCUT2D eigenvalue weighted by Crippen LogP contribution is 2.34. The van der Waals surface area contributed by atoms with Gasteiger partial charge in [-0.1, -0.05) is 30.3 Å². The van der Waals surface area contributed by atoms with Crippen molar-refractivity contribution in [3.8, 4) is 0 Å². The SMILES string of the molecule is O=C(NC1=CC(C(F)(F)F)C(F)C=C1)N1CCCN(Cc2ccccc2)C1. The second-order valence-electron chi connectivity index (χ2n) is 6.72. The van der Waals surface area contributed by atoms with Gasteiger partial charge in [0.2, 0.25) is 0 Å². The van der Waals surface area contributed by atoms with Crippen LogP contribution in [0.2, 0.25) is 0 Å². The zero-order chi connectivity index (χ0) is 19.4. The lowest BCUT2D eigenvalue weighted by molar-refractivity contribution is -0.172. The first-order valence-electron chi connectivity index (χ1n) is 8.76. The number of alkyl halides is 4. The van der Waals surface area contributed by atoms with Crippen LogP contribution in [0.25, 0.3) is 0 Å². The van der Waals surface area contributed by atoms with E-state index in [1.807, 2.05) is 30.3 Å². The molecule has 3 rings (SSSR count). The molecule has 1 saturated heterocycles. The third-order valence-corrected chi connectivity index (χ3v) is 4.60. The van der Waals surface area contributed by atoms with Crippen LogP contribution in [-0.2, 0) is 6.54 Å². The normalized spacial score (nSPS) is 23.9. The van der Waals surface area contributed by atoms with E-state index in [0.29, 0.717) is 19.8 Å². The fourth-order valence-corrected chi connectivity index (χ4v) is 3.22. The Bertz CT molecular complexity index is 717. The summed E-state index contributed by atoms with van der Waals surface area (Å²) in [5, 5.41) is 2.46. The van der Waals surface area contributed by atoms with E-state index in [-0.39, 0.29) is 5.70 Å². The Balaban J connectivity index is 1.60. The summed E-state index contributed by atoms with van der Waals surface area (Å²) in [6.45, 7) is 2.42. The Kier molecular flexibility index (Phi) is 5.84. The maximum absolute atomic E-state index is 13.5. The minimum absolute atomic E-state index is 0.0311. The Morgan fingerprint density at radius 3 is 2.63 bits per heavy atom. The highest BCUT2D eigenvalue weighted by Gasteiger charge is 2.44. The van der Waals surface area contributed by atoms with E-state index in [4.69, 9.17) is 0 Å². The van der Waals surface area contributed by atoms with Crippen LogP contribution in [-0.4, -0.2) is 47.9 Å². The zero-order valence-corrected chi connectivity index (χ0v) is 14.6. The summed E-state index contributed by atoms with van der Waals surface area (Å²) in [6, 6.07) is 9.34. The number of halogens is 4. The van der Waals surface area contributed by atoms with Crippen molar-refractivity contribution in [2.45, 2.75) is 25.3 Å². The summed E-state index contributed by atoms with van der Waals surface area (Å²) < 4.78 is 52.1. The van der Waals surface area contributed by atoms with E-state index in [9.17, 15) is 22.4 Å². The van der Waals surface area contributed by atoms with Crippen molar-refractivity contribution in [2.24, 2.45) is 5.92 Å². The summed E-state index contributed by atoms with van der Waals surface area (Å²) in [6.07, 6.45) is -3.33. The fourth-order valence-electron chi connectivity index (χ4n) is 3.22. The molecule has 27 heavy (non-hydrogen) atoms. The minimum Gasteiger partial charge on any atom is -0.311 e. The summed E-state index contributed by atoms with van der Waals surface area (Å²) in [5.74, 6) is -2.24. The lowest BCUT2D eigenvalue weighted by Gasteiger charge is -2.36. The van der Waals surface area contributed by atoms with Crippen molar-refractivity contribution >= 4 is 6.03 Å². The predicted molar refractivity (Wildman–Crippen MR) is 93.2 cm³/mol. The number of hydrogen-bond donors (Lipinski definition) is 1. The topological polar surface area (TPSA) is 35.6 Å². The smallest absolute Gasteiger partial charge is 0.311 e. The molecular formula is C19H21F4N3O. The molecule has 1 aromatic carbocycles. The molecule has 1 heterocycles. The van der Waals surface area contributed by atoms with E-state index in [1.54, 1.807) is 4.90 Å². The van der Waals surface area contributed by atoms with Crippen LogP contribution in [0, 0.1) is 5.92 Å². The molecule has 1 aliphatic carbocycles. The van der Waals surface area contributed by atoms with Crippen LogP contribution in [0.4, 0.5) is 22.4 Å². The van der Waals surface area contributed by atoms with Gasteiger partial charge >= 0.3 is 12.2 Å². The van der Waals surface area contributed by atoms with Crippen molar-refractivity contribution in [3.05, 3.63) is 59.8 Å². The number of urea groups is 1. The first-order chi connectivity index (χ1) is 12.8. The zero-order valence-electron chi connectivity index (χ0n) is 14.6. The van der Waals surface area contributed by atoms with Gasteiger partial charge in [0, 0.05) is 25.3 Å². The molecule has 0 spiro atoms. The van der Waals surface area contributed by atoms with Gasteiger partial charge in [-0.3, -0.25) is 4.90 Å². The van der Waals surface area contributed by atoms with Crippen LogP contribution >= 0.6 is 0 Å². The Morgan fingerprint density at radius 1 is 1.19 bits per heavy atom. The molecule has 2 amide bonds. The molecule has 0 saturated carbocycles. The van der Waals surface area contributed by atoms with Gasteiger partial charge in [-0.15, -0.1) is 0 Å². The molecule has 1 fully saturated rings. The summed E-state index contributed by atoms with van der Waals surface area (Å²) in [5.41, 5.74) is 1.09. The van der Waals surface area contributed by atoms with Crippen molar-refractivity contribution in [1.29, 1.82) is 0 Å². The number of hydrogen-bond acceptors (Lipinski definition) is 2. The first kappa shape index (κ1) is 19.4. The van der Waals surface area contributed by atoms with Gasteiger partial charge in [0.15, 0.2) is 0 Å². The van der Waals surface area contributed by atoms with Gasteiger partial charge in [0.1, 0.15) is 12.1 Å². The molecular weight excluding hydrogens is 362 g/mol. The Labute approximate surface area is 155 Å². The molecule has 8 heteroatoms. The van der Waals surface area contributed by atoms with Crippen molar-refractivity contribution < 1.29 is 22.4 Å². The molecule has 0 radical (unpaired) electrons. The van der Waals surface area contributed by atoms with Crippen LogP contribution in [0.1, 0.15) is 12.0 Å². The van der Waals surface area contributed by atoms with Gasteiger partial charge in [-0.25, -0.2) is 9.18 Å². The van der Waals surface area contributed by atoms with Gasteiger partial charge in [-0.05, 0) is 30.2 Å². The number of amides is 2. The Morgan fingerprint density at radius 2 is 1.93 bits per heavy atom. The van der Waals surface area contributed by atoms with Crippen LogP contribution < -0.4 is 5.32 Å². The maximum Gasteiger partial charge on any atom is 0.398 e. The standard InChI is InChI=1S/C19H21F4N3O/c20-17-8-7-15(11-16(17)19(21,22)23)24-18(27)26-10-4-9-25(13-26)12-14-5-2-1-3-6-14/h1-3,5-8,11,16-17H,4,9-10,12-13H2,(H,24,27). The number of benzene rings is 1. The average Bonchev–Trinajstić information content (AvgIpc) is 2.63. The van der Waals surface area contributed by atoms with Crippen molar-refractivity contribution in [2.75, 3.05) is 19.8 Å². The molecule has 2 unspecified atom stereocenters. The van der Waals surface area contributed by atoms with Gasteiger partial charge in [0.05, 0.1) is 6.67 Å². The highest BCUT2D eigenvalue weighted by molar-refractivity contribution is 5.76. The van der Waals surface area contributed by atoms with Gasteiger partial charge < -0.3 is 10.2 Å². The van der Waals surface area contributed by atoms with Crippen LogP contribution in [0.15, 0.2) is 54.3 Å². The molecule has 1 N–H and O–H groups in total. The predicted octanol–water partition coefficient (Wildman–Crippen LogP) is 3.83. The number of carbonyl (C=O) groups is 1. The maximum atomic E-state index is 13.5. The second kappa shape index (κ2) is 8.12. The van der Waals surface area contributed by atoms with E-state index in [0.717, 1.165) is 30.7 Å². The number of nitrogens with one attached hydrogen (secondary N) is 1. The molecule has 0 bridgehead atoms. The highest BCUT2D eigenvalue weighted by atomic mass is 19.4. The lowest BCUT2D eigenvalue weighted by atomic mass is 9.96. The van der Waals surface area contributed by atoms with Crippen molar-refractivity contribution in [3.63, 3.8) is 0 Å². The van der Waals surface area contributed by atoms with Crippen molar-refractivity contribution in [1.82, 2.24) is 15.1 Å². The van der Waals surface area contributed by atoms with E-state index in [1.165, 1.54) is 6.08 Å². The van der Waals surface area contributed by atoms with E-state index >= 15 is 0 Å². The van der Waals surface area contributed by atoms with E-state index < -0.39 is 24.3 Å². The summed E-state index contributed by atoms with van der Waals surface area (Å²) >= 11 is 0. The van der Waals surface area contributed by atoms with Gasteiger partial charge in [-0.2, -0.15) is 13.2 Å². The number of carbonyl (C=O) groups excluding carboxylic acids is 1. The number of nitrogens with zero attached hydrogens (tertiary/aromatic N) is 2. The molecule has 146 valence electrons. The first-order valence-corrected chi connectivity index (χ1v) is 8.76. The van der Waals surface area contributed by atoms with Gasteiger partial charge in [0.25, 0.3) is 0 Å². The van der Waals surface area contributed by atoms with Crippen LogP contribution in [0.3, 0.4) is 0 Å². The number of allylic oxidation sites excluding steroid dienone is 3. The molecule has 4 nitrogen and oxygen atoms in total. The molecule has 1 aliphatic heterocycles. The average molecular weight is 383 g/mol. The summed E-state index contributed by atoms with van der Waals surface area (Å²) in [7, 11) is 0. The van der Waals surface area contributed by atoms with E-state index in [2.05, 4.69) is 10.2 Å². The monoisotopic (exact) mass is 383 g/mol. The minimum atomic E-state index is -4.70. The van der Waals surface area contributed by atoms with Crippen LogP contribution in [0.5, 0.6) is 0 Å². The lowest BCUT2D eigenvalue weighted by Crippen LogP contribution is -2.50. The molecule has 1 aromatic rings. The fraction of sp³-hybridized carbons (Fsp3) is 0.421. The molecule has 2 atom stereocenters. The third-order valence-electron chi connectivity index (χ3n) is 4.60. The Hall–Kier alpha value is -2.35. The second-order valence-corrected chi connectivity index (χ2v) is 6.72. The molecule has 2 aliphatic rings. The molecule has 0 aromatic heterocycles. The summed E-state index contributed by atoms with van der Waals surface area (Å²) in [4.78, 5) is 16.1.